The van der Waals surface area contributed by atoms with Gasteiger partial charge in [0.1, 0.15) is 19.3 Å². The summed E-state index contributed by atoms with van der Waals surface area (Å²) in [6.07, 6.45) is 2.13. The maximum Gasteiger partial charge on any atom is 0.472 e. The highest BCUT2D eigenvalue weighted by Gasteiger charge is 2.27. The first-order chi connectivity index (χ1) is 11.5. The predicted octanol–water partition coefficient (Wildman–Crippen LogP) is 1.95. The number of aliphatic hydroxyl groups excluding tert-OH is 1. The van der Waals surface area contributed by atoms with Crippen molar-refractivity contribution in [1.29, 1.82) is 0 Å². The third-order valence-electron chi connectivity index (χ3n) is 3.53. The first kappa shape index (κ1) is 24.5. The monoisotopic (exact) mass is 384 g/mol. The molecule has 150 valence electrons. The Morgan fingerprint density at radius 1 is 1.12 bits per heavy atom. The zero-order valence-electron chi connectivity index (χ0n) is 16.1. The summed E-state index contributed by atoms with van der Waals surface area (Å²) in [4.78, 5) is 21.8. The Balaban J connectivity index is 4.42. The second-order valence-electron chi connectivity index (χ2n) is 7.13. The third-order valence-corrected chi connectivity index (χ3v) is 4.52. The Morgan fingerprint density at radius 3 is 2.12 bits per heavy atom. The van der Waals surface area contributed by atoms with E-state index in [0.29, 0.717) is 23.9 Å². The summed E-state index contributed by atoms with van der Waals surface area (Å²) >= 11 is 0. The highest BCUT2D eigenvalue weighted by molar-refractivity contribution is 7.47. The van der Waals surface area contributed by atoms with Crippen LogP contribution in [0.5, 0.6) is 0 Å². The zero-order valence-corrected chi connectivity index (χ0v) is 17.0. The predicted molar refractivity (Wildman–Crippen MR) is 94.9 cm³/mol. The van der Waals surface area contributed by atoms with E-state index in [1.54, 1.807) is 0 Å². The van der Waals surface area contributed by atoms with Crippen molar-refractivity contribution in [3.05, 3.63) is 0 Å². The lowest BCUT2D eigenvalue weighted by Gasteiger charge is -2.24. The molecular weight excluding hydrogens is 349 g/mol. The van der Waals surface area contributed by atoms with Gasteiger partial charge in [-0.2, -0.15) is 0 Å². The number of hydrogen-bond acceptors (Lipinski definition) is 6. The Morgan fingerprint density at radius 2 is 1.68 bits per heavy atom. The van der Waals surface area contributed by atoms with Gasteiger partial charge in [-0.25, -0.2) is 4.57 Å². The normalized spacial score (nSPS) is 15.8. The molecule has 8 nitrogen and oxygen atoms in total. The number of quaternary nitrogens is 1. The average molecular weight is 384 g/mol. The summed E-state index contributed by atoms with van der Waals surface area (Å²) < 4.78 is 27.3. The molecule has 2 atom stereocenters. The molecule has 0 saturated carbocycles. The second kappa shape index (κ2) is 12.0. The minimum atomic E-state index is -4.25. The molecular formula is C16H35NO7P+. The van der Waals surface area contributed by atoms with Gasteiger partial charge in [0.15, 0.2) is 0 Å². The van der Waals surface area contributed by atoms with Crippen LogP contribution in [0.3, 0.4) is 0 Å². The summed E-state index contributed by atoms with van der Waals surface area (Å²) in [6, 6.07) is 0. The van der Waals surface area contributed by atoms with Crippen LogP contribution >= 0.6 is 7.82 Å². The number of phosphoric acid groups is 1. The molecule has 0 aliphatic heterocycles. The number of phosphoric ester groups is 1. The lowest BCUT2D eigenvalue weighted by Crippen LogP contribution is -2.37. The van der Waals surface area contributed by atoms with Crippen molar-refractivity contribution in [3.8, 4) is 0 Å². The number of aliphatic hydroxyl groups is 1. The van der Waals surface area contributed by atoms with Gasteiger partial charge in [0, 0.05) is 0 Å². The molecule has 0 bridgehead atoms. The molecule has 0 aromatic heterocycles. The number of carbonyl (C=O) groups excluding carboxylic acids is 1. The van der Waals surface area contributed by atoms with Gasteiger partial charge in [0.25, 0.3) is 0 Å². The topological polar surface area (TPSA) is 102 Å². The molecule has 0 fully saturated rings. The molecule has 25 heavy (non-hydrogen) atoms. The number of esters is 1. The molecule has 0 aliphatic rings. The van der Waals surface area contributed by atoms with E-state index in [0.717, 1.165) is 12.8 Å². The third kappa shape index (κ3) is 12.5. The standard InChI is InChI=1S/C16H34NO7P/c1-6-8-14(9-7-2)16(19)24-15(12-18)13-23-25(20,21)22-11-10-17(3,4)5/h14-15,18H,6-13H2,1-5H3/p+1. The van der Waals surface area contributed by atoms with Crippen molar-refractivity contribution >= 4 is 13.8 Å². The van der Waals surface area contributed by atoms with Crippen molar-refractivity contribution < 1.29 is 37.6 Å². The van der Waals surface area contributed by atoms with Crippen LogP contribution < -0.4 is 0 Å². The number of hydrogen-bond donors (Lipinski definition) is 2. The van der Waals surface area contributed by atoms with Gasteiger partial charge in [-0.3, -0.25) is 13.8 Å². The second-order valence-corrected chi connectivity index (χ2v) is 8.58. The molecule has 0 heterocycles. The maximum absolute atomic E-state index is 12.1. The fourth-order valence-corrected chi connectivity index (χ4v) is 2.85. The van der Waals surface area contributed by atoms with E-state index < -0.39 is 33.1 Å². The lowest BCUT2D eigenvalue weighted by atomic mass is 9.98. The van der Waals surface area contributed by atoms with Gasteiger partial charge in [-0.1, -0.05) is 26.7 Å². The first-order valence-corrected chi connectivity index (χ1v) is 10.3. The molecule has 0 aromatic rings. The molecule has 0 radical (unpaired) electrons. The summed E-state index contributed by atoms with van der Waals surface area (Å²) in [5.74, 6) is -0.643. The molecule has 0 aliphatic carbocycles. The Kier molecular flexibility index (Phi) is 11.8. The average Bonchev–Trinajstić information content (AvgIpc) is 2.49. The fraction of sp³-hybridized carbons (Fsp3) is 0.938. The molecule has 2 unspecified atom stereocenters. The van der Waals surface area contributed by atoms with Crippen molar-refractivity contribution in [2.75, 3.05) is 47.5 Å². The summed E-state index contributed by atoms with van der Waals surface area (Å²) in [7, 11) is 1.53. The number of rotatable bonds is 14. The molecule has 2 N–H and O–H groups in total. The van der Waals surface area contributed by atoms with E-state index in [1.165, 1.54) is 0 Å². The molecule has 0 amide bonds. The Hall–Kier alpha value is -0.500. The van der Waals surface area contributed by atoms with E-state index in [-0.39, 0.29) is 12.5 Å². The van der Waals surface area contributed by atoms with Gasteiger partial charge in [0.2, 0.25) is 0 Å². The SMILES string of the molecule is CCCC(CCC)C(=O)OC(CO)COP(=O)(O)OCC[N+](C)(C)C. The smallest absolute Gasteiger partial charge is 0.457 e. The number of nitrogens with zero attached hydrogens (tertiary/aromatic N) is 1. The highest BCUT2D eigenvalue weighted by atomic mass is 31.2. The zero-order chi connectivity index (χ0) is 19.5. The number of likely N-dealkylation sites (N-methyl/N-ethyl adjacent to an activating group) is 1. The minimum Gasteiger partial charge on any atom is -0.457 e. The molecule has 0 saturated heterocycles. The van der Waals surface area contributed by atoms with Crippen LogP contribution in [0.2, 0.25) is 0 Å². The summed E-state index contributed by atoms with van der Waals surface area (Å²) in [5.41, 5.74) is 0. The van der Waals surface area contributed by atoms with Gasteiger partial charge in [0.05, 0.1) is 40.3 Å². The summed E-state index contributed by atoms with van der Waals surface area (Å²) in [5, 5.41) is 9.32. The van der Waals surface area contributed by atoms with Crippen molar-refractivity contribution in [2.24, 2.45) is 5.92 Å². The molecule has 0 aromatic carbocycles. The van der Waals surface area contributed by atoms with Crippen LogP contribution in [0.15, 0.2) is 0 Å². The number of carbonyl (C=O) groups is 1. The van der Waals surface area contributed by atoms with Crippen LogP contribution in [0, 0.1) is 5.92 Å². The van der Waals surface area contributed by atoms with E-state index >= 15 is 0 Å². The van der Waals surface area contributed by atoms with Crippen molar-refractivity contribution in [2.45, 2.75) is 45.6 Å². The van der Waals surface area contributed by atoms with Gasteiger partial charge < -0.3 is 19.2 Å². The van der Waals surface area contributed by atoms with Crippen LogP contribution in [0.25, 0.3) is 0 Å². The molecule has 0 rings (SSSR count). The first-order valence-electron chi connectivity index (χ1n) is 8.78. The van der Waals surface area contributed by atoms with E-state index in [2.05, 4.69) is 0 Å². The minimum absolute atomic E-state index is 0.0515. The van der Waals surface area contributed by atoms with Crippen molar-refractivity contribution in [1.82, 2.24) is 0 Å². The largest absolute Gasteiger partial charge is 0.472 e. The summed E-state index contributed by atoms with van der Waals surface area (Å²) in [6.45, 7) is 3.66. The van der Waals surface area contributed by atoms with Crippen LogP contribution in [-0.2, 0) is 23.1 Å². The Labute approximate surface area is 151 Å². The van der Waals surface area contributed by atoms with Gasteiger partial charge in [-0.15, -0.1) is 0 Å². The highest BCUT2D eigenvalue weighted by Crippen LogP contribution is 2.43. The number of ether oxygens (including phenoxy) is 1. The van der Waals surface area contributed by atoms with Gasteiger partial charge in [-0.05, 0) is 12.8 Å². The van der Waals surface area contributed by atoms with E-state index in [1.807, 2.05) is 35.0 Å². The van der Waals surface area contributed by atoms with Crippen LogP contribution in [-0.4, -0.2) is 74.1 Å². The van der Waals surface area contributed by atoms with Crippen LogP contribution in [0.1, 0.15) is 39.5 Å². The maximum atomic E-state index is 12.1. The fourth-order valence-electron chi connectivity index (χ4n) is 2.11. The van der Waals surface area contributed by atoms with Crippen LogP contribution in [0.4, 0.5) is 0 Å². The lowest BCUT2D eigenvalue weighted by molar-refractivity contribution is -0.870. The Bertz CT molecular complexity index is 419. The molecule has 9 heteroatoms. The van der Waals surface area contributed by atoms with Gasteiger partial charge >= 0.3 is 13.8 Å². The van der Waals surface area contributed by atoms with E-state index in [4.69, 9.17) is 13.8 Å². The van der Waals surface area contributed by atoms with E-state index in [9.17, 15) is 19.4 Å². The van der Waals surface area contributed by atoms with Crippen molar-refractivity contribution in [3.63, 3.8) is 0 Å². The molecule has 0 spiro atoms. The quantitative estimate of drug-likeness (QED) is 0.268.